The van der Waals surface area contributed by atoms with Gasteiger partial charge in [-0.05, 0) is 42.2 Å². The first-order chi connectivity index (χ1) is 17.6. The minimum atomic E-state index is -0.488. The summed E-state index contributed by atoms with van der Waals surface area (Å²) in [6, 6.07) is 12.9. The quantitative estimate of drug-likeness (QED) is 0.289. The van der Waals surface area contributed by atoms with Crippen molar-refractivity contribution in [2.24, 2.45) is 0 Å². The Morgan fingerprint density at radius 2 is 2.03 bits per heavy atom. The molecule has 9 nitrogen and oxygen atoms in total. The molecule has 0 radical (unpaired) electrons. The van der Waals surface area contributed by atoms with E-state index in [1.54, 1.807) is 18.3 Å². The van der Waals surface area contributed by atoms with Crippen molar-refractivity contribution in [3.8, 4) is 28.8 Å². The smallest absolute Gasteiger partial charge is 0.319 e. The molecule has 9 heteroatoms. The molecule has 0 spiro atoms. The highest BCUT2D eigenvalue weighted by Crippen LogP contribution is 2.32. The topological polar surface area (TPSA) is 119 Å². The lowest BCUT2D eigenvalue weighted by Gasteiger charge is -2.18. The number of fused-ring (bicyclic) bond motifs is 1. The highest BCUT2D eigenvalue weighted by molar-refractivity contribution is 5.98. The molecule has 4 rings (SSSR count). The summed E-state index contributed by atoms with van der Waals surface area (Å²) in [5.74, 6) is 0.425. The number of nitrogens with zero attached hydrogens (tertiary/aromatic N) is 2. The molecular weight excluding hydrogens is 460 g/mol. The number of H-pyrrole nitrogens is 1. The van der Waals surface area contributed by atoms with Crippen LogP contribution < -0.4 is 19.5 Å². The molecular formula is C27H32N4O5. The number of rotatable bonds is 11. The third-order valence-electron chi connectivity index (χ3n) is 5.80. The van der Waals surface area contributed by atoms with E-state index >= 15 is 0 Å². The van der Waals surface area contributed by atoms with Crippen LogP contribution >= 0.6 is 0 Å². The Balaban J connectivity index is 0.00000380. The van der Waals surface area contributed by atoms with Gasteiger partial charge in [0.05, 0.1) is 44.6 Å². The molecule has 2 heterocycles. The molecule has 0 aliphatic rings. The Morgan fingerprint density at radius 3 is 2.78 bits per heavy atom. The number of aromatic nitrogens is 3. The van der Waals surface area contributed by atoms with Crippen LogP contribution in [0.4, 0.5) is 0 Å². The van der Waals surface area contributed by atoms with E-state index in [1.165, 1.54) is 14.2 Å². The maximum absolute atomic E-state index is 13.4. The van der Waals surface area contributed by atoms with Gasteiger partial charge in [0.2, 0.25) is 5.88 Å². The normalized spacial score (nSPS) is 11.8. The van der Waals surface area contributed by atoms with Gasteiger partial charge in [-0.25, -0.2) is 4.98 Å². The number of aromatic amines is 1. The monoisotopic (exact) mass is 492 g/mol. The second-order valence-corrected chi connectivity index (χ2v) is 8.26. The Hall–Kier alpha value is -4.11. The summed E-state index contributed by atoms with van der Waals surface area (Å²) in [6.07, 6.45) is 4.76. The van der Waals surface area contributed by atoms with Crippen molar-refractivity contribution in [2.75, 3.05) is 27.4 Å². The number of methoxy groups -OCH3 is 2. The Labute approximate surface area is 210 Å². The molecule has 0 saturated heterocycles. The van der Waals surface area contributed by atoms with Crippen molar-refractivity contribution in [3.63, 3.8) is 0 Å². The number of aliphatic hydroxyl groups is 1. The van der Waals surface area contributed by atoms with Crippen LogP contribution in [0.25, 0.3) is 22.0 Å². The van der Waals surface area contributed by atoms with E-state index in [2.05, 4.69) is 20.3 Å². The molecule has 2 aromatic heterocycles. The Kier molecular flexibility index (Phi) is 8.02. The van der Waals surface area contributed by atoms with E-state index in [4.69, 9.17) is 14.2 Å². The van der Waals surface area contributed by atoms with Gasteiger partial charge in [-0.1, -0.05) is 31.2 Å². The SMILES string of the molecule is CCCOc1ccc(-c2cnc(OC)nc2OC)cc1C(=O)N[C@@H](CO)Cc1c[nH]c2ccccc12.[HH]. The fourth-order valence-electron chi connectivity index (χ4n) is 4.01. The van der Waals surface area contributed by atoms with Crippen LogP contribution in [0.5, 0.6) is 17.6 Å². The van der Waals surface area contributed by atoms with E-state index in [1.807, 2.05) is 43.5 Å². The lowest BCUT2D eigenvalue weighted by Crippen LogP contribution is -2.39. The van der Waals surface area contributed by atoms with Crippen molar-refractivity contribution in [1.29, 1.82) is 0 Å². The number of amides is 1. The zero-order valence-corrected chi connectivity index (χ0v) is 20.6. The Bertz CT molecular complexity index is 1340. The molecule has 0 bridgehead atoms. The van der Waals surface area contributed by atoms with E-state index in [9.17, 15) is 9.90 Å². The number of hydrogen-bond donors (Lipinski definition) is 3. The van der Waals surface area contributed by atoms with E-state index in [0.29, 0.717) is 41.3 Å². The second-order valence-electron chi connectivity index (χ2n) is 8.26. The van der Waals surface area contributed by atoms with Crippen LogP contribution in [0.2, 0.25) is 0 Å². The van der Waals surface area contributed by atoms with Crippen molar-refractivity contribution >= 4 is 16.8 Å². The predicted molar refractivity (Wildman–Crippen MR) is 139 cm³/mol. The first-order valence-electron chi connectivity index (χ1n) is 11.8. The first-order valence-corrected chi connectivity index (χ1v) is 11.8. The number of hydrogen-bond acceptors (Lipinski definition) is 7. The van der Waals surface area contributed by atoms with Crippen molar-refractivity contribution in [2.45, 2.75) is 25.8 Å². The average molecular weight is 493 g/mol. The summed E-state index contributed by atoms with van der Waals surface area (Å²) in [6.45, 7) is 2.25. The van der Waals surface area contributed by atoms with Gasteiger partial charge in [-0.2, -0.15) is 4.98 Å². The van der Waals surface area contributed by atoms with E-state index in [0.717, 1.165) is 22.9 Å². The highest BCUT2D eigenvalue weighted by atomic mass is 16.5. The van der Waals surface area contributed by atoms with Gasteiger partial charge in [0.25, 0.3) is 5.91 Å². The molecule has 2 aromatic carbocycles. The maximum Gasteiger partial charge on any atom is 0.319 e. The van der Waals surface area contributed by atoms with Crippen molar-refractivity contribution in [1.82, 2.24) is 20.3 Å². The van der Waals surface area contributed by atoms with Crippen LogP contribution in [0, 0.1) is 0 Å². The van der Waals surface area contributed by atoms with Gasteiger partial charge in [0.15, 0.2) is 0 Å². The molecule has 3 N–H and O–H groups in total. The molecule has 36 heavy (non-hydrogen) atoms. The lowest BCUT2D eigenvalue weighted by atomic mass is 10.0. The number of benzene rings is 2. The number of carbonyl (C=O) groups excluding carboxylic acids is 1. The second kappa shape index (κ2) is 11.5. The maximum atomic E-state index is 13.4. The van der Waals surface area contributed by atoms with Crippen LogP contribution in [0.15, 0.2) is 54.9 Å². The largest absolute Gasteiger partial charge is 0.493 e. The van der Waals surface area contributed by atoms with Crippen LogP contribution in [-0.2, 0) is 6.42 Å². The van der Waals surface area contributed by atoms with Crippen LogP contribution in [0.1, 0.15) is 30.7 Å². The summed E-state index contributed by atoms with van der Waals surface area (Å²) < 4.78 is 16.4. The first kappa shape index (κ1) is 25.0. The minimum absolute atomic E-state index is 0. The van der Waals surface area contributed by atoms with E-state index in [-0.39, 0.29) is 20.0 Å². The molecule has 0 fully saturated rings. The molecule has 0 unspecified atom stereocenters. The average Bonchev–Trinajstić information content (AvgIpc) is 3.33. The van der Waals surface area contributed by atoms with Gasteiger partial charge in [-0.3, -0.25) is 4.79 Å². The van der Waals surface area contributed by atoms with Gasteiger partial charge in [-0.15, -0.1) is 0 Å². The van der Waals surface area contributed by atoms with Gasteiger partial charge in [0.1, 0.15) is 5.75 Å². The standard InChI is InChI=1S/C27H30N4O5.H2/c1-4-11-36-24-10-9-17(22-15-29-27(35-3)31-26(22)34-2)13-21(24)25(33)30-19(16-32)12-18-14-28-23-8-6-5-7-20(18)23;/h5-10,13-15,19,28,32H,4,11-12,16H2,1-3H3,(H,30,33);1H/t19-;/m1./s1. The third kappa shape index (κ3) is 5.41. The number of aliphatic hydroxyl groups excluding tert-OH is 1. The van der Waals surface area contributed by atoms with E-state index < -0.39 is 6.04 Å². The number of nitrogens with one attached hydrogen (secondary N) is 2. The zero-order chi connectivity index (χ0) is 25.5. The van der Waals surface area contributed by atoms with Gasteiger partial charge >= 0.3 is 6.01 Å². The third-order valence-corrected chi connectivity index (χ3v) is 5.80. The minimum Gasteiger partial charge on any atom is -0.493 e. The van der Waals surface area contributed by atoms with Crippen molar-refractivity contribution < 1.29 is 25.5 Å². The zero-order valence-electron chi connectivity index (χ0n) is 20.6. The van der Waals surface area contributed by atoms with Crippen molar-refractivity contribution in [3.05, 3.63) is 66.0 Å². The summed E-state index contributed by atoms with van der Waals surface area (Å²) in [7, 11) is 2.98. The number of carbonyl (C=O) groups is 1. The molecule has 4 aromatic rings. The van der Waals surface area contributed by atoms with Crippen LogP contribution in [-0.4, -0.2) is 59.4 Å². The summed E-state index contributed by atoms with van der Waals surface area (Å²) >= 11 is 0. The highest BCUT2D eigenvalue weighted by Gasteiger charge is 2.21. The molecule has 0 saturated carbocycles. The van der Waals surface area contributed by atoms with Crippen LogP contribution in [0.3, 0.4) is 0 Å². The molecule has 190 valence electrons. The fourth-order valence-corrected chi connectivity index (χ4v) is 4.01. The Morgan fingerprint density at radius 1 is 1.19 bits per heavy atom. The van der Waals surface area contributed by atoms with Gasteiger partial charge < -0.3 is 29.6 Å². The number of ether oxygens (including phenoxy) is 3. The molecule has 0 aliphatic heterocycles. The van der Waals surface area contributed by atoms with Gasteiger partial charge in [0, 0.05) is 24.7 Å². The summed E-state index contributed by atoms with van der Waals surface area (Å²) in [4.78, 5) is 25.1. The summed E-state index contributed by atoms with van der Waals surface area (Å²) in [5.41, 5.74) is 3.65. The molecule has 0 aliphatic carbocycles. The predicted octanol–water partition coefficient (Wildman–Crippen LogP) is 4.01. The number of para-hydroxylation sites is 1. The lowest BCUT2D eigenvalue weighted by molar-refractivity contribution is 0.0912. The fraction of sp³-hybridized carbons (Fsp3) is 0.296. The summed E-state index contributed by atoms with van der Waals surface area (Å²) in [5, 5.41) is 14.1. The molecule has 1 amide bonds. The molecule has 1 atom stereocenters.